The van der Waals surface area contributed by atoms with Crippen LogP contribution in [0.4, 0.5) is 5.69 Å². The molecule has 0 spiro atoms. The highest BCUT2D eigenvalue weighted by atomic mass is 16.5. The number of carbonyl (C=O) groups is 1. The Balaban J connectivity index is 2.62. The second-order valence-corrected chi connectivity index (χ2v) is 4.27. The first kappa shape index (κ1) is 15.1. The molecule has 0 radical (unpaired) electrons. The van der Waals surface area contributed by atoms with Crippen LogP contribution in [0.5, 0.6) is 5.75 Å². The maximum Gasteiger partial charge on any atom is 0.243 e. The van der Waals surface area contributed by atoms with Crippen LogP contribution in [0.1, 0.15) is 32.3 Å². The Bertz CT molecular complexity index is 442. The first-order valence-electron chi connectivity index (χ1n) is 6.65. The fourth-order valence-electron chi connectivity index (χ4n) is 1.49. The fourth-order valence-corrected chi connectivity index (χ4v) is 1.49. The Hall–Kier alpha value is -1.97. The van der Waals surface area contributed by atoms with E-state index in [9.17, 15) is 4.79 Å². The maximum absolute atomic E-state index is 11.4. The van der Waals surface area contributed by atoms with Crippen LogP contribution >= 0.6 is 0 Å². The lowest BCUT2D eigenvalue weighted by molar-refractivity contribution is -0.116. The second kappa shape index (κ2) is 8.19. The van der Waals surface area contributed by atoms with Crippen LogP contribution in [0.25, 0.3) is 6.08 Å². The Morgan fingerprint density at radius 3 is 2.79 bits per heavy atom. The van der Waals surface area contributed by atoms with Crippen LogP contribution in [0.2, 0.25) is 0 Å². The molecule has 1 aromatic rings. The summed E-state index contributed by atoms with van der Waals surface area (Å²) >= 11 is 0. The number of hydrogen-bond acceptors (Lipinski definition) is 3. The van der Waals surface area contributed by atoms with E-state index in [1.165, 1.54) is 6.08 Å². The van der Waals surface area contributed by atoms with Crippen LogP contribution in [0, 0.1) is 0 Å². The molecule has 0 saturated heterocycles. The van der Waals surface area contributed by atoms with Gasteiger partial charge in [0.15, 0.2) is 0 Å². The molecule has 0 unspecified atom stereocenters. The third-order valence-corrected chi connectivity index (χ3v) is 2.47. The van der Waals surface area contributed by atoms with Crippen LogP contribution in [-0.4, -0.2) is 19.1 Å². The van der Waals surface area contributed by atoms with Gasteiger partial charge in [-0.2, -0.15) is 0 Å². The number of rotatable bonds is 7. The van der Waals surface area contributed by atoms with E-state index in [1.807, 2.05) is 26.0 Å². The molecule has 0 aliphatic heterocycles. The summed E-state index contributed by atoms with van der Waals surface area (Å²) in [5, 5.41) is 2.77. The van der Waals surface area contributed by atoms with Gasteiger partial charge in [0, 0.05) is 12.6 Å². The molecular weight excluding hydrogens is 240 g/mol. The van der Waals surface area contributed by atoms with Gasteiger partial charge in [-0.25, -0.2) is 0 Å². The molecule has 1 amide bonds. The van der Waals surface area contributed by atoms with Crippen LogP contribution in [-0.2, 0) is 4.79 Å². The predicted molar refractivity (Wildman–Crippen MR) is 79.0 cm³/mol. The summed E-state index contributed by atoms with van der Waals surface area (Å²) in [5.74, 6) is 0.598. The van der Waals surface area contributed by atoms with E-state index in [2.05, 4.69) is 5.32 Å². The largest absolute Gasteiger partial charge is 0.491 e. The van der Waals surface area contributed by atoms with E-state index in [-0.39, 0.29) is 5.91 Å². The molecule has 0 atom stereocenters. The van der Waals surface area contributed by atoms with Crippen molar-refractivity contribution in [3.63, 3.8) is 0 Å². The molecule has 0 aliphatic rings. The van der Waals surface area contributed by atoms with Crippen molar-refractivity contribution in [3.8, 4) is 5.75 Å². The van der Waals surface area contributed by atoms with Gasteiger partial charge in [0.1, 0.15) is 5.75 Å². The van der Waals surface area contributed by atoms with E-state index < -0.39 is 0 Å². The molecule has 0 fully saturated rings. The lowest BCUT2D eigenvalue weighted by atomic mass is 10.1. The number of benzene rings is 1. The lowest BCUT2D eigenvalue weighted by Gasteiger charge is -2.08. The van der Waals surface area contributed by atoms with Gasteiger partial charge in [0.25, 0.3) is 0 Å². The van der Waals surface area contributed by atoms with Crippen molar-refractivity contribution in [1.29, 1.82) is 0 Å². The zero-order chi connectivity index (χ0) is 14.1. The van der Waals surface area contributed by atoms with Crippen molar-refractivity contribution < 1.29 is 9.53 Å². The molecule has 0 bridgehead atoms. The van der Waals surface area contributed by atoms with Crippen molar-refractivity contribution in [3.05, 3.63) is 29.8 Å². The molecular formula is C15H22N2O2. The van der Waals surface area contributed by atoms with Gasteiger partial charge < -0.3 is 15.8 Å². The number of ether oxygens (including phenoxy) is 1. The quantitative estimate of drug-likeness (QED) is 0.586. The highest BCUT2D eigenvalue weighted by molar-refractivity contribution is 5.91. The molecule has 1 rings (SSSR count). The summed E-state index contributed by atoms with van der Waals surface area (Å²) in [4.78, 5) is 11.4. The van der Waals surface area contributed by atoms with Gasteiger partial charge in [0.05, 0.1) is 12.3 Å². The molecule has 3 N–H and O–H groups in total. The molecule has 0 heterocycles. The van der Waals surface area contributed by atoms with E-state index in [4.69, 9.17) is 10.5 Å². The Morgan fingerprint density at radius 1 is 1.37 bits per heavy atom. The van der Waals surface area contributed by atoms with Gasteiger partial charge in [-0.3, -0.25) is 4.79 Å². The molecule has 4 heteroatoms. The van der Waals surface area contributed by atoms with Crippen LogP contribution in [0.3, 0.4) is 0 Å². The van der Waals surface area contributed by atoms with Crippen LogP contribution in [0.15, 0.2) is 24.3 Å². The zero-order valence-corrected chi connectivity index (χ0v) is 11.6. The minimum Gasteiger partial charge on any atom is -0.491 e. The number of carbonyl (C=O) groups excluding carboxylic acids is 1. The Morgan fingerprint density at radius 2 is 2.16 bits per heavy atom. The molecule has 4 nitrogen and oxygen atoms in total. The summed E-state index contributed by atoms with van der Waals surface area (Å²) in [6.45, 7) is 5.40. The van der Waals surface area contributed by atoms with Crippen molar-refractivity contribution in [2.45, 2.75) is 26.7 Å². The minimum absolute atomic E-state index is 0.0910. The van der Waals surface area contributed by atoms with Crippen molar-refractivity contribution in [2.24, 2.45) is 0 Å². The summed E-state index contributed by atoms with van der Waals surface area (Å²) in [6.07, 6.45) is 5.12. The highest BCUT2D eigenvalue weighted by Crippen LogP contribution is 2.23. The molecule has 0 aliphatic carbocycles. The van der Waals surface area contributed by atoms with E-state index in [0.717, 1.165) is 18.4 Å². The van der Waals surface area contributed by atoms with Crippen LogP contribution < -0.4 is 15.8 Å². The number of nitrogens with one attached hydrogen (secondary N) is 1. The smallest absolute Gasteiger partial charge is 0.243 e. The number of amides is 1. The number of nitrogen functional groups attached to an aromatic ring is 1. The van der Waals surface area contributed by atoms with Gasteiger partial charge >= 0.3 is 0 Å². The third kappa shape index (κ3) is 5.46. The zero-order valence-electron chi connectivity index (χ0n) is 11.6. The first-order valence-corrected chi connectivity index (χ1v) is 6.65. The topological polar surface area (TPSA) is 64.3 Å². The molecule has 0 aromatic heterocycles. The summed E-state index contributed by atoms with van der Waals surface area (Å²) < 4.78 is 5.49. The van der Waals surface area contributed by atoms with Gasteiger partial charge in [-0.1, -0.05) is 19.9 Å². The van der Waals surface area contributed by atoms with Crippen molar-refractivity contribution in [1.82, 2.24) is 5.32 Å². The summed E-state index contributed by atoms with van der Waals surface area (Å²) in [5.41, 5.74) is 7.36. The predicted octanol–water partition coefficient (Wildman–Crippen LogP) is 2.60. The standard InChI is InChI=1S/C15H22N2O2/c1-3-9-17-15(18)8-6-12-5-7-14(13(16)11-12)19-10-4-2/h5-8,11H,3-4,9-10,16H2,1-2H3,(H,17,18)/b8-6-. The normalized spacial score (nSPS) is 10.6. The average molecular weight is 262 g/mol. The second-order valence-electron chi connectivity index (χ2n) is 4.27. The molecule has 19 heavy (non-hydrogen) atoms. The maximum atomic E-state index is 11.4. The minimum atomic E-state index is -0.0910. The van der Waals surface area contributed by atoms with Gasteiger partial charge in [-0.15, -0.1) is 0 Å². The number of hydrogen-bond donors (Lipinski definition) is 2. The molecule has 1 aromatic carbocycles. The fraction of sp³-hybridized carbons (Fsp3) is 0.400. The number of anilines is 1. The SMILES string of the molecule is CCCNC(=O)/C=C\c1ccc(OCCC)c(N)c1. The van der Waals surface area contributed by atoms with E-state index in [0.29, 0.717) is 24.6 Å². The molecule has 0 saturated carbocycles. The lowest BCUT2D eigenvalue weighted by Crippen LogP contribution is -2.21. The van der Waals surface area contributed by atoms with Crippen molar-refractivity contribution >= 4 is 17.7 Å². The summed E-state index contributed by atoms with van der Waals surface area (Å²) in [7, 11) is 0. The monoisotopic (exact) mass is 262 g/mol. The molecule has 104 valence electrons. The Labute approximate surface area is 114 Å². The number of nitrogens with two attached hydrogens (primary N) is 1. The van der Waals surface area contributed by atoms with E-state index in [1.54, 1.807) is 12.1 Å². The van der Waals surface area contributed by atoms with Crippen molar-refractivity contribution in [2.75, 3.05) is 18.9 Å². The average Bonchev–Trinajstić information content (AvgIpc) is 2.41. The van der Waals surface area contributed by atoms with Gasteiger partial charge in [0.2, 0.25) is 5.91 Å². The Kier molecular flexibility index (Phi) is 6.50. The summed E-state index contributed by atoms with van der Waals surface area (Å²) in [6, 6.07) is 5.51. The van der Waals surface area contributed by atoms with Gasteiger partial charge in [-0.05, 0) is 36.6 Å². The van der Waals surface area contributed by atoms with E-state index >= 15 is 0 Å². The first-order chi connectivity index (χ1) is 9.17. The highest BCUT2D eigenvalue weighted by Gasteiger charge is 2.00. The third-order valence-electron chi connectivity index (χ3n) is 2.47.